The molecule has 19 heavy (non-hydrogen) atoms. The zero-order chi connectivity index (χ0) is 13.1. The summed E-state index contributed by atoms with van der Waals surface area (Å²) < 4.78 is 2.02. The Morgan fingerprint density at radius 1 is 1.26 bits per heavy atom. The third-order valence-electron chi connectivity index (χ3n) is 3.90. The molecule has 1 aromatic carbocycles. The van der Waals surface area contributed by atoms with Crippen molar-refractivity contribution in [2.45, 2.75) is 25.4 Å². The van der Waals surface area contributed by atoms with Gasteiger partial charge < -0.3 is 10.3 Å². The van der Waals surface area contributed by atoms with E-state index in [-0.39, 0.29) is 0 Å². The average molecular weight is 256 g/mol. The number of nitrogens with zero attached hydrogens (tertiary/aromatic N) is 3. The molecule has 0 radical (unpaired) electrons. The number of likely N-dealkylation sites (tertiary alicyclic amines) is 1. The van der Waals surface area contributed by atoms with Crippen molar-refractivity contribution in [2.75, 3.05) is 13.1 Å². The van der Waals surface area contributed by atoms with Crippen LogP contribution in [0.3, 0.4) is 0 Å². The van der Waals surface area contributed by atoms with E-state index in [1.807, 2.05) is 17.1 Å². The molecule has 1 atom stereocenters. The molecule has 0 saturated carbocycles. The fraction of sp³-hybridized carbons (Fsp3) is 0.400. The van der Waals surface area contributed by atoms with E-state index < -0.39 is 0 Å². The first-order valence-corrected chi connectivity index (χ1v) is 6.88. The number of rotatable bonds is 4. The quantitative estimate of drug-likeness (QED) is 0.907. The minimum atomic E-state index is 0.563. The van der Waals surface area contributed by atoms with Crippen LogP contribution in [-0.4, -0.2) is 33.6 Å². The Morgan fingerprint density at radius 2 is 2.11 bits per heavy atom. The van der Waals surface area contributed by atoms with E-state index in [0.29, 0.717) is 6.04 Å². The van der Waals surface area contributed by atoms with Crippen LogP contribution in [0.5, 0.6) is 0 Å². The highest BCUT2D eigenvalue weighted by molar-refractivity contribution is 5.34. The Morgan fingerprint density at radius 3 is 2.79 bits per heavy atom. The summed E-state index contributed by atoms with van der Waals surface area (Å²) in [6, 6.07) is 9.24. The highest BCUT2D eigenvalue weighted by atomic mass is 15.2. The van der Waals surface area contributed by atoms with Crippen LogP contribution in [0.2, 0.25) is 0 Å². The Labute approximate surface area is 113 Å². The number of aromatic nitrogens is 2. The lowest BCUT2D eigenvalue weighted by atomic mass is 10.1. The predicted molar refractivity (Wildman–Crippen MR) is 76.1 cm³/mol. The summed E-state index contributed by atoms with van der Waals surface area (Å²) in [6.45, 7) is 2.95. The van der Waals surface area contributed by atoms with E-state index in [1.165, 1.54) is 24.9 Å². The Hall–Kier alpha value is -1.65. The lowest BCUT2D eigenvalue weighted by molar-refractivity contribution is 0.250. The van der Waals surface area contributed by atoms with Crippen LogP contribution in [0.25, 0.3) is 5.69 Å². The third-order valence-corrected chi connectivity index (χ3v) is 3.90. The molecule has 3 rings (SSSR count). The molecular formula is C15H20N4. The number of hydrogen-bond donors (Lipinski definition) is 1. The molecular weight excluding hydrogens is 236 g/mol. The first-order chi connectivity index (χ1) is 9.36. The molecule has 100 valence electrons. The van der Waals surface area contributed by atoms with Gasteiger partial charge in [0.05, 0.1) is 6.33 Å². The highest BCUT2D eigenvalue weighted by Crippen LogP contribution is 2.19. The van der Waals surface area contributed by atoms with Crippen molar-refractivity contribution in [3.63, 3.8) is 0 Å². The molecule has 2 N–H and O–H groups in total. The molecule has 1 fully saturated rings. The SMILES string of the molecule is NCC1CCCN1Cc1ccc(-n2ccnc2)cc1. The van der Waals surface area contributed by atoms with Gasteiger partial charge in [0, 0.05) is 37.2 Å². The molecule has 0 amide bonds. The molecule has 1 aliphatic rings. The van der Waals surface area contributed by atoms with Crippen molar-refractivity contribution in [1.82, 2.24) is 14.5 Å². The van der Waals surface area contributed by atoms with Gasteiger partial charge in [-0.25, -0.2) is 4.98 Å². The van der Waals surface area contributed by atoms with Gasteiger partial charge in [-0.1, -0.05) is 12.1 Å². The van der Waals surface area contributed by atoms with Crippen LogP contribution in [0.4, 0.5) is 0 Å². The molecule has 1 aromatic heterocycles. The number of hydrogen-bond acceptors (Lipinski definition) is 3. The van der Waals surface area contributed by atoms with Gasteiger partial charge in [-0.15, -0.1) is 0 Å². The van der Waals surface area contributed by atoms with Gasteiger partial charge in [-0.05, 0) is 37.1 Å². The summed E-state index contributed by atoms with van der Waals surface area (Å²) in [5.41, 5.74) is 8.32. The van der Waals surface area contributed by atoms with Crippen LogP contribution >= 0.6 is 0 Å². The lowest BCUT2D eigenvalue weighted by Gasteiger charge is -2.23. The monoisotopic (exact) mass is 256 g/mol. The average Bonchev–Trinajstić information content (AvgIpc) is 3.10. The lowest BCUT2D eigenvalue weighted by Crippen LogP contribution is -2.34. The molecule has 1 saturated heterocycles. The Balaban J connectivity index is 1.69. The van der Waals surface area contributed by atoms with E-state index in [9.17, 15) is 0 Å². The maximum absolute atomic E-state index is 5.81. The first kappa shape index (κ1) is 12.4. The van der Waals surface area contributed by atoms with Gasteiger partial charge in [-0.3, -0.25) is 4.90 Å². The van der Waals surface area contributed by atoms with Crippen molar-refractivity contribution in [3.8, 4) is 5.69 Å². The van der Waals surface area contributed by atoms with Crippen molar-refractivity contribution in [2.24, 2.45) is 5.73 Å². The van der Waals surface area contributed by atoms with E-state index in [1.54, 1.807) is 6.20 Å². The maximum atomic E-state index is 5.81. The largest absolute Gasteiger partial charge is 0.329 e. The van der Waals surface area contributed by atoms with Crippen LogP contribution in [-0.2, 0) is 6.54 Å². The molecule has 2 heterocycles. The normalized spacial score (nSPS) is 19.9. The van der Waals surface area contributed by atoms with Gasteiger partial charge >= 0.3 is 0 Å². The van der Waals surface area contributed by atoms with Gasteiger partial charge in [0.15, 0.2) is 0 Å². The number of benzene rings is 1. The van der Waals surface area contributed by atoms with Gasteiger partial charge in [0.25, 0.3) is 0 Å². The molecule has 0 aliphatic carbocycles. The van der Waals surface area contributed by atoms with Crippen LogP contribution in [0, 0.1) is 0 Å². The summed E-state index contributed by atoms with van der Waals surface area (Å²) in [4.78, 5) is 6.56. The summed E-state index contributed by atoms with van der Waals surface area (Å²) in [5, 5.41) is 0. The number of imidazole rings is 1. The van der Waals surface area contributed by atoms with E-state index >= 15 is 0 Å². The van der Waals surface area contributed by atoms with Crippen molar-refractivity contribution < 1.29 is 0 Å². The van der Waals surface area contributed by atoms with E-state index in [4.69, 9.17) is 5.73 Å². The fourth-order valence-corrected chi connectivity index (χ4v) is 2.79. The zero-order valence-corrected chi connectivity index (χ0v) is 11.1. The standard InChI is InChI=1S/C15H20N4/c16-10-15-2-1-8-18(15)11-13-3-5-14(6-4-13)19-9-7-17-12-19/h3-7,9,12,15H,1-2,8,10-11,16H2. The van der Waals surface area contributed by atoms with Gasteiger partial charge in [-0.2, -0.15) is 0 Å². The van der Waals surface area contributed by atoms with Gasteiger partial charge in [0.2, 0.25) is 0 Å². The van der Waals surface area contributed by atoms with Crippen LogP contribution in [0.15, 0.2) is 43.0 Å². The fourth-order valence-electron chi connectivity index (χ4n) is 2.79. The summed E-state index contributed by atoms with van der Waals surface area (Å²) in [7, 11) is 0. The van der Waals surface area contributed by atoms with E-state index in [2.05, 4.69) is 34.1 Å². The molecule has 0 spiro atoms. The number of nitrogens with two attached hydrogens (primary N) is 1. The first-order valence-electron chi connectivity index (χ1n) is 6.88. The highest BCUT2D eigenvalue weighted by Gasteiger charge is 2.22. The van der Waals surface area contributed by atoms with Crippen molar-refractivity contribution in [1.29, 1.82) is 0 Å². The molecule has 1 unspecified atom stereocenters. The van der Waals surface area contributed by atoms with Crippen molar-refractivity contribution in [3.05, 3.63) is 48.5 Å². The minimum absolute atomic E-state index is 0.563. The Bertz CT molecular complexity index is 503. The molecule has 2 aromatic rings. The molecule has 0 bridgehead atoms. The smallest absolute Gasteiger partial charge is 0.0991 e. The minimum Gasteiger partial charge on any atom is -0.329 e. The van der Waals surface area contributed by atoms with Crippen LogP contribution in [0.1, 0.15) is 18.4 Å². The second-order valence-electron chi connectivity index (χ2n) is 5.14. The molecule has 4 heteroatoms. The van der Waals surface area contributed by atoms with Gasteiger partial charge in [0.1, 0.15) is 0 Å². The van der Waals surface area contributed by atoms with Crippen LogP contribution < -0.4 is 5.73 Å². The summed E-state index contributed by atoms with van der Waals surface area (Å²) >= 11 is 0. The molecule has 4 nitrogen and oxygen atoms in total. The summed E-state index contributed by atoms with van der Waals surface area (Å²) in [5.74, 6) is 0. The van der Waals surface area contributed by atoms with Crippen molar-refractivity contribution >= 4 is 0 Å². The zero-order valence-electron chi connectivity index (χ0n) is 11.1. The summed E-state index contributed by atoms with van der Waals surface area (Å²) in [6.07, 6.45) is 8.09. The third kappa shape index (κ3) is 2.69. The maximum Gasteiger partial charge on any atom is 0.0991 e. The second-order valence-corrected chi connectivity index (χ2v) is 5.14. The van der Waals surface area contributed by atoms with E-state index in [0.717, 1.165) is 18.8 Å². The Kier molecular flexibility index (Phi) is 3.62. The molecule has 1 aliphatic heterocycles. The predicted octanol–water partition coefficient (Wildman–Crippen LogP) is 1.80. The second kappa shape index (κ2) is 5.55. The topological polar surface area (TPSA) is 47.1 Å².